The van der Waals surface area contributed by atoms with Crippen molar-refractivity contribution in [3.8, 4) is 0 Å². The van der Waals surface area contributed by atoms with Gasteiger partial charge in [0.15, 0.2) is 0 Å². The fourth-order valence-electron chi connectivity index (χ4n) is 1.32. The fraction of sp³-hybridized carbons (Fsp3) is 0.364. The van der Waals surface area contributed by atoms with Crippen LogP contribution in [0.1, 0.15) is 18.1 Å². The second kappa shape index (κ2) is 5.78. The average molecular weight is 283 g/mol. The zero-order valence-corrected chi connectivity index (χ0v) is 10.5. The maximum absolute atomic E-state index is 12.3. The minimum absolute atomic E-state index is 0.000971. The quantitative estimate of drug-likeness (QED) is 0.609. The van der Waals surface area contributed by atoms with Crippen molar-refractivity contribution in [2.24, 2.45) is 0 Å². The summed E-state index contributed by atoms with van der Waals surface area (Å²) in [5, 5.41) is 0. The zero-order valence-electron chi connectivity index (χ0n) is 8.97. The van der Waals surface area contributed by atoms with E-state index >= 15 is 0 Å². The van der Waals surface area contributed by atoms with Crippen molar-refractivity contribution in [1.82, 2.24) is 0 Å². The van der Waals surface area contributed by atoms with Crippen LogP contribution in [0, 0.1) is 0 Å². The Morgan fingerprint density at radius 2 is 2.06 bits per heavy atom. The molecule has 1 aromatic rings. The van der Waals surface area contributed by atoms with E-state index in [-0.39, 0.29) is 34.7 Å². The summed E-state index contributed by atoms with van der Waals surface area (Å²) in [4.78, 5) is 11.0. The highest BCUT2D eigenvalue weighted by Crippen LogP contribution is 2.39. The van der Waals surface area contributed by atoms with Crippen LogP contribution in [-0.2, 0) is 17.1 Å². The van der Waals surface area contributed by atoms with Crippen LogP contribution in [0.3, 0.4) is 0 Å². The molecular weight excluding hydrogens is 273 g/mol. The van der Waals surface area contributed by atoms with Gasteiger partial charge in [-0.15, -0.1) is 11.6 Å². The van der Waals surface area contributed by atoms with E-state index in [2.05, 4.69) is 0 Å². The first-order valence-corrected chi connectivity index (χ1v) is 6.10. The number of halogens is 4. The van der Waals surface area contributed by atoms with Gasteiger partial charge in [0.2, 0.25) is 0 Å². The van der Waals surface area contributed by atoms with Crippen molar-refractivity contribution in [2.75, 3.05) is 0 Å². The summed E-state index contributed by atoms with van der Waals surface area (Å²) in [7, 11) is 0. The van der Waals surface area contributed by atoms with Gasteiger partial charge in [0.25, 0.3) is 0 Å². The molecule has 0 aliphatic rings. The van der Waals surface area contributed by atoms with Gasteiger partial charge in [0.1, 0.15) is 5.78 Å². The average Bonchev–Trinajstić information content (AvgIpc) is 2.17. The van der Waals surface area contributed by atoms with Gasteiger partial charge < -0.3 is 0 Å². The molecule has 0 aromatic heterocycles. The third kappa shape index (κ3) is 5.00. The smallest absolute Gasteiger partial charge is 0.300 e. The Bertz CT molecular complexity index is 418. The Balaban J connectivity index is 3.07. The van der Waals surface area contributed by atoms with Crippen LogP contribution in [0.25, 0.3) is 0 Å². The first-order valence-electron chi connectivity index (χ1n) is 4.75. The minimum atomic E-state index is -4.36. The molecule has 0 aliphatic carbocycles. The lowest BCUT2D eigenvalue weighted by molar-refractivity contribution is -0.116. The molecule has 0 saturated carbocycles. The van der Waals surface area contributed by atoms with Crippen LogP contribution in [-0.4, -0.2) is 11.3 Å². The molecule has 0 radical (unpaired) electrons. The number of hydrogen-bond donors (Lipinski definition) is 0. The summed E-state index contributed by atoms with van der Waals surface area (Å²) < 4.78 is 37.0. The van der Waals surface area contributed by atoms with E-state index < -0.39 is 5.51 Å². The van der Waals surface area contributed by atoms with Gasteiger partial charge in [-0.25, -0.2) is 0 Å². The van der Waals surface area contributed by atoms with E-state index in [1.807, 2.05) is 0 Å². The lowest BCUT2D eigenvalue weighted by Crippen LogP contribution is -2.04. The molecule has 1 rings (SSSR count). The van der Waals surface area contributed by atoms with Crippen LogP contribution in [0.15, 0.2) is 23.1 Å². The molecule has 0 unspecified atom stereocenters. The predicted octanol–water partition coefficient (Wildman–Crippen LogP) is 4.17. The number of ketones is 1. The van der Waals surface area contributed by atoms with Crippen LogP contribution in [0.5, 0.6) is 0 Å². The molecule has 0 N–H and O–H groups in total. The lowest BCUT2D eigenvalue weighted by atomic mass is 10.1. The normalized spacial score (nSPS) is 11.6. The Labute approximate surface area is 106 Å². The van der Waals surface area contributed by atoms with Crippen molar-refractivity contribution in [1.29, 1.82) is 0 Å². The van der Waals surface area contributed by atoms with Gasteiger partial charge in [0, 0.05) is 17.2 Å². The van der Waals surface area contributed by atoms with Crippen LogP contribution < -0.4 is 0 Å². The van der Waals surface area contributed by atoms with Gasteiger partial charge in [-0.05, 0) is 35.9 Å². The van der Waals surface area contributed by atoms with Crippen LogP contribution in [0.2, 0.25) is 0 Å². The summed E-state index contributed by atoms with van der Waals surface area (Å²) in [6, 6.07) is 4.53. The van der Waals surface area contributed by atoms with Crippen LogP contribution >= 0.6 is 23.4 Å². The Morgan fingerprint density at radius 3 is 2.53 bits per heavy atom. The van der Waals surface area contributed by atoms with E-state index in [1.54, 1.807) is 6.07 Å². The SMILES string of the molecule is CC(=O)Cc1ccc(CCl)cc1SC(F)(F)F. The number of alkyl halides is 4. The first kappa shape index (κ1) is 14.4. The highest BCUT2D eigenvalue weighted by atomic mass is 35.5. The van der Waals surface area contributed by atoms with Gasteiger partial charge in [0.05, 0.1) is 0 Å². The summed E-state index contributed by atoms with van der Waals surface area (Å²) in [5.41, 5.74) is -3.38. The lowest BCUT2D eigenvalue weighted by Gasteiger charge is -2.11. The number of hydrogen-bond acceptors (Lipinski definition) is 2. The molecule has 0 aliphatic heterocycles. The molecule has 1 nitrogen and oxygen atoms in total. The monoisotopic (exact) mass is 282 g/mol. The van der Waals surface area contributed by atoms with E-state index in [0.29, 0.717) is 11.1 Å². The zero-order chi connectivity index (χ0) is 13.1. The largest absolute Gasteiger partial charge is 0.446 e. The minimum Gasteiger partial charge on any atom is -0.300 e. The second-order valence-corrected chi connectivity index (χ2v) is 4.88. The molecule has 1 aromatic carbocycles. The van der Waals surface area contributed by atoms with Gasteiger partial charge in [-0.2, -0.15) is 13.2 Å². The molecular formula is C11H10ClF3OS. The van der Waals surface area contributed by atoms with Crippen molar-refractivity contribution >= 4 is 29.1 Å². The van der Waals surface area contributed by atoms with Crippen molar-refractivity contribution < 1.29 is 18.0 Å². The van der Waals surface area contributed by atoms with E-state index in [9.17, 15) is 18.0 Å². The van der Waals surface area contributed by atoms with Crippen molar-refractivity contribution in [2.45, 2.75) is 29.6 Å². The Hall–Kier alpha value is -0.680. The molecule has 0 bridgehead atoms. The molecule has 0 heterocycles. The van der Waals surface area contributed by atoms with Crippen LogP contribution in [0.4, 0.5) is 13.2 Å². The number of benzene rings is 1. The van der Waals surface area contributed by atoms with Crippen molar-refractivity contribution in [3.63, 3.8) is 0 Å². The Kier molecular flexibility index (Phi) is 4.89. The topological polar surface area (TPSA) is 17.1 Å². The summed E-state index contributed by atoms with van der Waals surface area (Å²) >= 11 is 5.36. The summed E-state index contributed by atoms with van der Waals surface area (Å²) in [6.07, 6.45) is 0.000971. The highest BCUT2D eigenvalue weighted by Gasteiger charge is 2.30. The molecule has 94 valence electrons. The molecule has 0 atom stereocenters. The van der Waals surface area contributed by atoms with Gasteiger partial charge in [-0.1, -0.05) is 12.1 Å². The maximum Gasteiger partial charge on any atom is 0.446 e. The standard InChI is InChI=1S/C11H10ClF3OS/c1-7(16)4-9-3-2-8(6-12)5-10(9)17-11(13,14)15/h2-3,5H,4,6H2,1H3. The predicted molar refractivity (Wildman–Crippen MR) is 62.3 cm³/mol. The number of rotatable bonds is 4. The molecule has 0 fully saturated rings. The molecule has 0 amide bonds. The summed E-state index contributed by atoms with van der Waals surface area (Å²) in [5.74, 6) is -0.0289. The molecule has 17 heavy (non-hydrogen) atoms. The fourth-order valence-corrected chi connectivity index (χ4v) is 2.21. The van der Waals surface area contributed by atoms with E-state index in [0.717, 1.165) is 0 Å². The maximum atomic E-state index is 12.3. The summed E-state index contributed by atoms with van der Waals surface area (Å²) in [6.45, 7) is 1.34. The third-order valence-corrected chi connectivity index (χ3v) is 3.09. The van der Waals surface area contributed by atoms with Gasteiger partial charge in [-0.3, -0.25) is 4.79 Å². The molecule has 0 spiro atoms. The highest BCUT2D eigenvalue weighted by molar-refractivity contribution is 8.00. The number of carbonyl (C=O) groups is 1. The van der Waals surface area contributed by atoms with Crippen molar-refractivity contribution in [3.05, 3.63) is 29.3 Å². The number of thioether (sulfide) groups is 1. The third-order valence-electron chi connectivity index (χ3n) is 1.95. The molecule has 6 heteroatoms. The molecule has 0 saturated heterocycles. The number of carbonyl (C=O) groups excluding carboxylic acids is 1. The number of Topliss-reactive ketones (excluding diaryl/α,β-unsaturated/α-hetero) is 1. The first-order chi connectivity index (χ1) is 7.81. The van der Waals surface area contributed by atoms with E-state index in [1.165, 1.54) is 19.1 Å². The Morgan fingerprint density at radius 1 is 1.41 bits per heavy atom. The van der Waals surface area contributed by atoms with E-state index in [4.69, 9.17) is 11.6 Å². The second-order valence-electron chi connectivity index (χ2n) is 3.50. The van der Waals surface area contributed by atoms with Gasteiger partial charge >= 0.3 is 5.51 Å².